The summed E-state index contributed by atoms with van der Waals surface area (Å²) in [5, 5.41) is 9.62. The Bertz CT molecular complexity index is 431. The summed E-state index contributed by atoms with van der Waals surface area (Å²) in [5.41, 5.74) is 6.88. The number of aromatic hydroxyl groups is 1. The number of hydrogen-bond donors (Lipinski definition) is 2. The third-order valence-corrected chi connectivity index (χ3v) is 3.45. The Balaban J connectivity index is 2.28. The summed E-state index contributed by atoms with van der Waals surface area (Å²) in [7, 11) is 0. The minimum Gasteiger partial charge on any atom is -0.508 e. The smallest absolute Gasteiger partial charge is 0.254 e. The lowest BCUT2D eigenvalue weighted by molar-refractivity contribution is 0.0740. The maximum Gasteiger partial charge on any atom is 0.254 e. The van der Waals surface area contributed by atoms with Crippen molar-refractivity contribution in [2.75, 3.05) is 13.1 Å². The van der Waals surface area contributed by atoms with E-state index in [9.17, 15) is 9.90 Å². The number of benzene rings is 1. The molecule has 1 aliphatic rings. The minimum absolute atomic E-state index is 0.0219. The molecule has 1 aromatic rings. The van der Waals surface area contributed by atoms with Gasteiger partial charge in [0.2, 0.25) is 0 Å². The van der Waals surface area contributed by atoms with E-state index < -0.39 is 0 Å². The maximum absolute atomic E-state index is 12.3. The highest BCUT2D eigenvalue weighted by Crippen LogP contribution is 2.24. The molecule has 0 radical (unpaired) electrons. The first kappa shape index (κ1) is 11.9. The second-order valence-corrected chi connectivity index (χ2v) is 4.48. The minimum atomic E-state index is -0.0219. The summed E-state index contributed by atoms with van der Waals surface area (Å²) in [6.45, 7) is 3.02. The van der Waals surface area contributed by atoms with Gasteiger partial charge < -0.3 is 15.7 Å². The van der Waals surface area contributed by atoms with E-state index in [2.05, 4.69) is 0 Å². The van der Waals surface area contributed by atoms with Crippen LogP contribution in [0.1, 0.15) is 28.8 Å². The molecule has 0 aliphatic carbocycles. The molecule has 1 fully saturated rings. The average Bonchev–Trinajstić information content (AvgIpc) is 2.80. The molecule has 2 rings (SSSR count). The molecule has 1 unspecified atom stereocenters. The van der Waals surface area contributed by atoms with E-state index in [4.69, 9.17) is 5.73 Å². The van der Waals surface area contributed by atoms with Gasteiger partial charge >= 0.3 is 0 Å². The number of nitrogens with two attached hydrogens (primary N) is 1. The second kappa shape index (κ2) is 4.75. The Hall–Kier alpha value is -1.55. The summed E-state index contributed by atoms with van der Waals surface area (Å²) in [5.74, 6) is 0.144. The van der Waals surface area contributed by atoms with Crippen LogP contribution in [0.5, 0.6) is 5.75 Å². The monoisotopic (exact) mass is 234 g/mol. The molecular formula is C13H18N2O2. The van der Waals surface area contributed by atoms with Crippen LogP contribution in [0, 0.1) is 6.92 Å². The number of carbonyl (C=O) groups is 1. The molecule has 0 saturated carbocycles. The van der Waals surface area contributed by atoms with Crippen LogP contribution in [0.15, 0.2) is 18.2 Å². The van der Waals surface area contributed by atoms with E-state index in [1.807, 2.05) is 4.90 Å². The fourth-order valence-electron chi connectivity index (χ4n) is 2.36. The van der Waals surface area contributed by atoms with Crippen LogP contribution in [0.2, 0.25) is 0 Å². The van der Waals surface area contributed by atoms with Crippen LogP contribution < -0.4 is 5.73 Å². The van der Waals surface area contributed by atoms with Crippen LogP contribution in [-0.4, -0.2) is 35.0 Å². The molecule has 0 bridgehead atoms. The van der Waals surface area contributed by atoms with Gasteiger partial charge in [0.1, 0.15) is 5.75 Å². The number of phenolic OH excluding ortho intramolecular Hbond substituents is 1. The van der Waals surface area contributed by atoms with Crippen molar-refractivity contribution in [2.45, 2.75) is 25.8 Å². The topological polar surface area (TPSA) is 66.6 Å². The first-order valence-electron chi connectivity index (χ1n) is 5.94. The highest BCUT2D eigenvalue weighted by molar-refractivity contribution is 5.96. The van der Waals surface area contributed by atoms with E-state index in [1.165, 1.54) is 0 Å². The number of carbonyl (C=O) groups excluding carboxylic acids is 1. The number of nitrogens with zero attached hydrogens (tertiary/aromatic N) is 1. The zero-order chi connectivity index (χ0) is 12.4. The molecule has 17 heavy (non-hydrogen) atoms. The van der Waals surface area contributed by atoms with Gasteiger partial charge in [-0.05, 0) is 31.9 Å². The van der Waals surface area contributed by atoms with Gasteiger partial charge in [0.25, 0.3) is 5.91 Å². The molecule has 1 aromatic carbocycles. The van der Waals surface area contributed by atoms with Crippen molar-refractivity contribution in [2.24, 2.45) is 5.73 Å². The van der Waals surface area contributed by atoms with Crippen LogP contribution in [0.4, 0.5) is 0 Å². The molecule has 4 nitrogen and oxygen atoms in total. The average molecular weight is 234 g/mol. The van der Waals surface area contributed by atoms with E-state index in [-0.39, 0.29) is 17.7 Å². The lowest BCUT2D eigenvalue weighted by atomic mass is 10.1. The number of phenols is 1. The quantitative estimate of drug-likeness (QED) is 0.809. The van der Waals surface area contributed by atoms with E-state index in [1.54, 1.807) is 25.1 Å². The molecule has 4 heteroatoms. The number of hydrogen-bond acceptors (Lipinski definition) is 3. The highest BCUT2D eigenvalue weighted by Gasteiger charge is 2.29. The van der Waals surface area contributed by atoms with E-state index >= 15 is 0 Å². The molecule has 0 aromatic heterocycles. The second-order valence-electron chi connectivity index (χ2n) is 4.48. The van der Waals surface area contributed by atoms with Gasteiger partial charge in [0, 0.05) is 30.3 Å². The molecule has 3 N–H and O–H groups in total. The Morgan fingerprint density at radius 2 is 2.35 bits per heavy atom. The Labute approximate surface area is 101 Å². The first-order chi connectivity index (χ1) is 8.15. The Morgan fingerprint density at radius 3 is 3.06 bits per heavy atom. The fourth-order valence-corrected chi connectivity index (χ4v) is 2.36. The van der Waals surface area contributed by atoms with E-state index in [0.29, 0.717) is 17.7 Å². The Morgan fingerprint density at radius 1 is 1.59 bits per heavy atom. The van der Waals surface area contributed by atoms with Gasteiger partial charge in [0.15, 0.2) is 0 Å². The van der Waals surface area contributed by atoms with Crippen molar-refractivity contribution >= 4 is 5.91 Å². The molecule has 0 spiro atoms. The largest absolute Gasteiger partial charge is 0.508 e. The van der Waals surface area contributed by atoms with Gasteiger partial charge in [0.05, 0.1) is 0 Å². The molecule has 1 aliphatic heterocycles. The van der Waals surface area contributed by atoms with Gasteiger partial charge in [-0.3, -0.25) is 4.79 Å². The third-order valence-electron chi connectivity index (χ3n) is 3.45. The van der Waals surface area contributed by atoms with Crippen molar-refractivity contribution < 1.29 is 9.90 Å². The fraction of sp³-hybridized carbons (Fsp3) is 0.462. The zero-order valence-corrected chi connectivity index (χ0v) is 10.0. The number of rotatable bonds is 2. The SMILES string of the molecule is Cc1c(O)cccc1C(=O)N1CCCC1CN. The summed E-state index contributed by atoms with van der Waals surface area (Å²) in [6.07, 6.45) is 1.98. The van der Waals surface area contributed by atoms with Crippen LogP contribution >= 0.6 is 0 Å². The standard InChI is InChI=1S/C13H18N2O2/c1-9-11(5-2-6-12(9)16)13(17)15-7-3-4-10(15)8-14/h2,5-6,10,16H,3-4,7-8,14H2,1H3. The summed E-state index contributed by atoms with van der Waals surface area (Å²) in [6, 6.07) is 5.19. The van der Waals surface area contributed by atoms with Gasteiger partial charge in [-0.1, -0.05) is 6.07 Å². The zero-order valence-electron chi connectivity index (χ0n) is 10.0. The van der Waals surface area contributed by atoms with Crippen LogP contribution in [0.3, 0.4) is 0 Å². The van der Waals surface area contributed by atoms with Crippen molar-refractivity contribution in [3.8, 4) is 5.75 Å². The van der Waals surface area contributed by atoms with Crippen molar-refractivity contribution in [1.82, 2.24) is 4.90 Å². The van der Waals surface area contributed by atoms with Crippen molar-refractivity contribution in [3.05, 3.63) is 29.3 Å². The molecule has 1 atom stereocenters. The predicted molar refractivity (Wildman–Crippen MR) is 66.0 cm³/mol. The third kappa shape index (κ3) is 2.13. The molecule has 92 valence electrons. The highest BCUT2D eigenvalue weighted by atomic mass is 16.3. The van der Waals surface area contributed by atoms with Gasteiger partial charge in [-0.25, -0.2) is 0 Å². The lowest BCUT2D eigenvalue weighted by Gasteiger charge is -2.24. The van der Waals surface area contributed by atoms with Crippen molar-refractivity contribution in [1.29, 1.82) is 0 Å². The molecule has 1 heterocycles. The number of amides is 1. The van der Waals surface area contributed by atoms with Gasteiger partial charge in [-0.2, -0.15) is 0 Å². The van der Waals surface area contributed by atoms with Crippen molar-refractivity contribution in [3.63, 3.8) is 0 Å². The molecular weight excluding hydrogens is 216 g/mol. The Kier molecular flexibility index (Phi) is 3.33. The normalized spacial score (nSPS) is 19.6. The first-order valence-corrected chi connectivity index (χ1v) is 5.94. The molecule has 1 amide bonds. The van der Waals surface area contributed by atoms with Crippen LogP contribution in [0.25, 0.3) is 0 Å². The summed E-state index contributed by atoms with van der Waals surface area (Å²) >= 11 is 0. The molecule has 1 saturated heterocycles. The number of likely N-dealkylation sites (tertiary alicyclic amines) is 1. The van der Waals surface area contributed by atoms with Crippen LogP contribution in [-0.2, 0) is 0 Å². The lowest BCUT2D eigenvalue weighted by Crippen LogP contribution is -2.40. The van der Waals surface area contributed by atoms with Gasteiger partial charge in [-0.15, -0.1) is 0 Å². The maximum atomic E-state index is 12.3. The van der Waals surface area contributed by atoms with E-state index in [0.717, 1.165) is 19.4 Å². The summed E-state index contributed by atoms with van der Waals surface area (Å²) < 4.78 is 0. The summed E-state index contributed by atoms with van der Waals surface area (Å²) in [4.78, 5) is 14.2. The predicted octanol–water partition coefficient (Wildman–Crippen LogP) is 1.26.